The average Bonchev–Trinajstić information content (AvgIpc) is 2.75. The van der Waals surface area contributed by atoms with Crippen LogP contribution in [0.5, 0.6) is 0 Å². The van der Waals surface area contributed by atoms with Crippen molar-refractivity contribution in [2.24, 2.45) is 5.92 Å². The number of hydrogen-bond donors (Lipinski definition) is 2. The van der Waals surface area contributed by atoms with Crippen LogP contribution in [-0.4, -0.2) is 13.1 Å². The third-order valence-corrected chi connectivity index (χ3v) is 5.17. The first-order valence-electron chi connectivity index (χ1n) is 8.56. The van der Waals surface area contributed by atoms with E-state index in [1.807, 2.05) is 0 Å². The van der Waals surface area contributed by atoms with Gasteiger partial charge in [0.05, 0.1) is 0 Å². The van der Waals surface area contributed by atoms with Crippen molar-refractivity contribution in [2.75, 3.05) is 18.4 Å². The zero-order valence-electron chi connectivity index (χ0n) is 13.1. The second-order valence-electron chi connectivity index (χ2n) is 6.62. The van der Waals surface area contributed by atoms with Crippen LogP contribution in [0.4, 0.5) is 11.4 Å². The van der Waals surface area contributed by atoms with Gasteiger partial charge in [-0.25, -0.2) is 0 Å². The molecule has 2 aliphatic rings. The van der Waals surface area contributed by atoms with E-state index in [0.717, 1.165) is 18.8 Å². The number of aryl methyl sites for hydroxylation is 1. The van der Waals surface area contributed by atoms with Crippen LogP contribution in [-0.2, 0) is 19.3 Å². The number of piperidine rings is 1. The van der Waals surface area contributed by atoms with Crippen molar-refractivity contribution in [3.05, 3.63) is 59.2 Å². The lowest BCUT2D eigenvalue weighted by atomic mass is 9.87. The normalized spacial score (nSPS) is 18.0. The van der Waals surface area contributed by atoms with Crippen molar-refractivity contribution in [2.45, 2.75) is 32.1 Å². The van der Waals surface area contributed by atoms with Crippen LogP contribution in [0.1, 0.15) is 29.5 Å². The molecule has 22 heavy (non-hydrogen) atoms. The summed E-state index contributed by atoms with van der Waals surface area (Å²) in [5, 5.41) is 7.14. The predicted octanol–water partition coefficient (Wildman–Crippen LogP) is 4.07. The van der Waals surface area contributed by atoms with Crippen LogP contribution in [0.15, 0.2) is 42.5 Å². The predicted molar refractivity (Wildman–Crippen MR) is 92.9 cm³/mol. The van der Waals surface area contributed by atoms with Gasteiger partial charge >= 0.3 is 0 Å². The molecule has 2 aromatic carbocycles. The van der Waals surface area contributed by atoms with Crippen molar-refractivity contribution < 1.29 is 0 Å². The van der Waals surface area contributed by atoms with Gasteiger partial charge < -0.3 is 10.6 Å². The highest BCUT2D eigenvalue weighted by Crippen LogP contribution is 2.33. The second-order valence-corrected chi connectivity index (χ2v) is 6.62. The average molecular weight is 292 g/mol. The van der Waals surface area contributed by atoms with E-state index in [-0.39, 0.29) is 0 Å². The number of nitrogens with one attached hydrogen (secondary N) is 2. The molecule has 0 unspecified atom stereocenters. The first kappa shape index (κ1) is 13.8. The van der Waals surface area contributed by atoms with Crippen LogP contribution >= 0.6 is 0 Å². The Hall–Kier alpha value is -1.80. The lowest BCUT2D eigenvalue weighted by Crippen LogP contribution is -2.28. The Bertz CT molecular complexity index is 657. The summed E-state index contributed by atoms with van der Waals surface area (Å²) in [5.41, 5.74) is 7.13. The zero-order chi connectivity index (χ0) is 14.8. The topological polar surface area (TPSA) is 24.1 Å². The number of para-hydroxylation sites is 1. The van der Waals surface area contributed by atoms with Crippen LogP contribution in [0.3, 0.4) is 0 Å². The Morgan fingerprint density at radius 3 is 2.59 bits per heavy atom. The molecule has 0 spiro atoms. The zero-order valence-corrected chi connectivity index (χ0v) is 13.1. The van der Waals surface area contributed by atoms with Crippen LogP contribution < -0.4 is 10.6 Å². The molecule has 0 radical (unpaired) electrons. The molecule has 0 atom stereocenters. The van der Waals surface area contributed by atoms with E-state index in [9.17, 15) is 0 Å². The molecule has 114 valence electrons. The maximum Gasteiger partial charge on any atom is 0.0419 e. The summed E-state index contributed by atoms with van der Waals surface area (Å²) in [6.07, 6.45) is 6.16. The molecule has 2 N–H and O–H groups in total. The number of benzene rings is 2. The fraction of sp³-hybridized carbons (Fsp3) is 0.400. The molecule has 1 saturated heterocycles. The van der Waals surface area contributed by atoms with E-state index in [1.165, 1.54) is 54.9 Å². The van der Waals surface area contributed by atoms with Gasteiger partial charge in [0, 0.05) is 11.4 Å². The van der Waals surface area contributed by atoms with E-state index in [1.54, 1.807) is 5.56 Å². The molecule has 0 bridgehead atoms. The van der Waals surface area contributed by atoms with Gasteiger partial charge in [-0.2, -0.15) is 0 Å². The largest absolute Gasteiger partial charge is 0.355 e. The minimum Gasteiger partial charge on any atom is -0.355 e. The number of hydrogen-bond acceptors (Lipinski definition) is 2. The third kappa shape index (κ3) is 2.76. The molecular weight excluding hydrogens is 268 g/mol. The molecule has 2 aromatic rings. The number of fused-ring (bicyclic) bond motifs is 2. The summed E-state index contributed by atoms with van der Waals surface area (Å²) < 4.78 is 0. The standard InChI is InChI=1S/C20H24N2/c1-2-6-19-16(4-1)8-9-18-17(5-3-7-20(18)22-19)14-15-10-12-21-13-11-15/h1-7,15,21-22H,8-14H2. The van der Waals surface area contributed by atoms with Crippen molar-refractivity contribution in [3.8, 4) is 0 Å². The minimum absolute atomic E-state index is 0.846. The quantitative estimate of drug-likeness (QED) is 0.872. The molecule has 1 fully saturated rings. The molecule has 0 saturated carbocycles. The maximum atomic E-state index is 3.67. The number of anilines is 2. The third-order valence-electron chi connectivity index (χ3n) is 5.17. The molecule has 0 amide bonds. The van der Waals surface area contributed by atoms with Crippen LogP contribution in [0, 0.1) is 5.92 Å². The van der Waals surface area contributed by atoms with Crippen molar-refractivity contribution in [1.29, 1.82) is 0 Å². The highest BCUT2D eigenvalue weighted by molar-refractivity contribution is 5.69. The maximum absolute atomic E-state index is 3.67. The summed E-state index contributed by atoms with van der Waals surface area (Å²) in [5.74, 6) is 0.846. The highest BCUT2D eigenvalue weighted by Gasteiger charge is 2.19. The van der Waals surface area contributed by atoms with Crippen LogP contribution in [0.2, 0.25) is 0 Å². The first-order valence-corrected chi connectivity index (χ1v) is 8.56. The Labute approximate surface area is 132 Å². The molecule has 4 rings (SSSR count). The Morgan fingerprint density at radius 1 is 0.864 bits per heavy atom. The Kier molecular flexibility index (Phi) is 3.86. The molecule has 2 aliphatic heterocycles. The fourth-order valence-corrected chi connectivity index (χ4v) is 3.90. The second kappa shape index (κ2) is 6.13. The fourth-order valence-electron chi connectivity index (χ4n) is 3.90. The smallest absolute Gasteiger partial charge is 0.0419 e. The summed E-state index contributed by atoms with van der Waals surface area (Å²) in [4.78, 5) is 0. The van der Waals surface area contributed by atoms with Gasteiger partial charge in [-0.1, -0.05) is 30.3 Å². The summed E-state index contributed by atoms with van der Waals surface area (Å²) in [7, 11) is 0. The highest BCUT2D eigenvalue weighted by atomic mass is 14.9. The van der Waals surface area contributed by atoms with E-state index in [0.29, 0.717) is 0 Å². The lowest BCUT2D eigenvalue weighted by molar-refractivity contribution is 0.372. The van der Waals surface area contributed by atoms with E-state index < -0.39 is 0 Å². The Morgan fingerprint density at radius 2 is 1.68 bits per heavy atom. The molecule has 0 aliphatic carbocycles. The van der Waals surface area contributed by atoms with Crippen molar-refractivity contribution in [3.63, 3.8) is 0 Å². The van der Waals surface area contributed by atoms with Crippen LogP contribution in [0.25, 0.3) is 0 Å². The summed E-state index contributed by atoms with van der Waals surface area (Å²) in [6, 6.07) is 15.5. The van der Waals surface area contributed by atoms with Gasteiger partial charge in [0.1, 0.15) is 0 Å². The molecule has 2 heteroatoms. The van der Waals surface area contributed by atoms with Gasteiger partial charge in [0.15, 0.2) is 0 Å². The van der Waals surface area contributed by atoms with Crippen molar-refractivity contribution in [1.82, 2.24) is 5.32 Å². The minimum atomic E-state index is 0.846. The molecule has 2 heterocycles. The number of rotatable bonds is 2. The van der Waals surface area contributed by atoms with Gasteiger partial charge in [-0.15, -0.1) is 0 Å². The summed E-state index contributed by atoms with van der Waals surface area (Å²) in [6.45, 7) is 2.37. The summed E-state index contributed by atoms with van der Waals surface area (Å²) >= 11 is 0. The van der Waals surface area contributed by atoms with Gasteiger partial charge in [-0.3, -0.25) is 0 Å². The van der Waals surface area contributed by atoms with Gasteiger partial charge in [0.2, 0.25) is 0 Å². The van der Waals surface area contributed by atoms with E-state index >= 15 is 0 Å². The van der Waals surface area contributed by atoms with E-state index in [4.69, 9.17) is 0 Å². The molecular formula is C20H24N2. The molecule has 2 nitrogen and oxygen atoms in total. The van der Waals surface area contributed by atoms with Gasteiger partial charge in [0.25, 0.3) is 0 Å². The van der Waals surface area contributed by atoms with E-state index in [2.05, 4.69) is 53.1 Å². The van der Waals surface area contributed by atoms with Gasteiger partial charge in [-0.05, 0) is 79.9 Å². The van der Waals surface area contributed by atoms with Crippen molar-refractivity contribution >= 4 is 11.4 Å². The SMILES string of the molecule is c1ccc2c(c1)CCc1c(CC3CCNCC3)cccc1N2. The molecule has 0 aromatic heterocycles. The Balaban J connectivity index is 1.62. The first-order chi connectivity index (χ1) is 10.9. The monoisotopic (exact) mass is 292 g/mol. The lowest BCUT2D eigenvalue weighted by Gasteiger charge is -2.24.